The van der Waals surface area contributed by atoms with Crippen LogP contribution in [0.5, 0.6) is 5.06 Å². The third-order valence-corrected chi connectivity index (χ3v) is 6.42. The van der Waals surface area contributed by atoms with Crippen molar-refractivity contribution in [2.24, 2.45) is 5.73 Å². The Labute approximate surface area is 179 Å². The van der Waals surface area contributed by atoms with Crippen LogP contribution in [0.3, 0.4) is 0 Å². The summed E-state index contributed by atoms with van der Waals surface area (Å²) in [5.41, 5.74) is 11.8. The number of benzene rings is 1. The number of rotatable bonds is 5. The molecule has 3 aromatic rings. The van der Waals surface area contributed by atoms with Crippen LogP contribution in [0, 0.1) is 11.6 Å². The van der Waals surface area contributed by atoms with Crippen molar-refractivity contribution in [1.29, 1.82) is 0 Å². The standard InChI is InChI=1S/C19H19F2N5O2S2/c20-11-2-1-3-12(21)14(11)18-26-15(16(23)29-18)17(27)25-13-8-24-30-19(13)28-10-6-4-9(22)5-7-10/h1-3,8-10H,4-7,22-23H2,(H,25,27)/t9-,10-. The van der Waals surface area contributed by atoms with E-state index in [4.69, 9.17) is 16.2 Å². The summed E-state index contributed by atoms with van der Waals surface area (Å²) in [6, 6.07) is 3.69. The molecule has 1 amide bonds. The molecule has 0 spiro atoms. The summed E-state index contributed by atoms with van der Waals surface area (Å²) in [5, 5.41) is 3.21. The first kappa shape index (κ1) is 20.6. The second-order valence-corrected chi connectivity index (χ2v) is 8.76. The molecule has 0 bridgehead atoms. The van der Waals surface area contributed by atoms with Gasteiger partial charge in [0.25, 0.3) is 5.91 Å². The zero-order chi connectivity index (χ0) is 21.3. The van der Waals surface area contributed by atoms with Crippen molar-refractivity contribution >= 4 is 39.5 Å². The van der Waals surface area contributed by atoms with Crippen LogP contribution < -0.4 is 21.5 Å². The molecule has 4 rings (SSSR count). The minimum absolute atomic E-state index is 0.00767. The molecule has 158 valence electrons. The molecule has 1 aliphatic rings. The van der Waals surface area contributed by atoms with Gasteiger partial charge in [-0.25, -0.2) is 13.8 Å². The van der Waals surface area contributed by atoms with Crippen molar-refractivity contribution in [1.82, 2.24) is 9.36 Å². The fraction of sp³-hybridized carbons (Fsp3) is 0.316. The summed E-state index contributed by atoms with van der Waals surface area (Å²) in [4.78, 5) is 16.8. The van der Waals surface area contributed by atoms with Gasteiger partial charge in [0.2, 0.25) is 5.06 Å². The zero-order valence-electron chi connectivity index (χ0n) is 15.7. The summed E-state index contributed by atoms with van der Waals surface area (Å²) in [7, 11) is 0. The first-order valence-electron chi connectivity index (χ1n) is 9.31. The number of nitrogens with one attached hydrogen (secondary N) is 1. The van der Waals surface area contributed by atoms with Crippen LogP contribution in [-0.4, -0.2) is 27.4 Å². The molecule has 0 saturated heterocycles. The van der Waals surface area contributed by atoms with Gasteiger partial charge in [-0.1, -0.05) is 17.4 Å². The van der Waals surface area contributed by atoms with E-state index >= 15 is 0 Å². The van der Waals surface area contributed by atoms with Crippen LogP contribution in [0.4, 0.5) is 19.5 Å². The summed E-state index contributed by atoms with van der Waals surface area (Å²) in [6.07, 6.45) is 4.94. The third-order valence-electron chi connectivity index (χ3n) is 4.82. The van der Waals surface area contributed by atoms with Gasteiger partial charge in [-0.3, -0.25) is 4.79 Å². The lowest BCUT2D eigenvalue weighted by Gasteiger charge is -2.26. The number of ether oxygens (including phenoxy) is 1. The van der Waals surface area contributed by atoms with E-state index < -0.39 is 17.5 Å². The van der Waals surface area contributed by atoms with Gasteiger partial charge >= 0.3 is 0 Å². The molecule has 0 atom stereocenters. The van der Waals surface area contributed by atoms with Crippen molar-refractivity contribution in [2.45, 2.75) is 37.8 Å². The topological polar surface area (TPSA) is 116 Å². The molecule has 7 nitrogen and oxygen atoms in total. The maximum absolute atomic E-state index is 14.0. The van der Waals surface area contributed by atoms with Gasteiger partial charge in [-0.2, -0.15) is 4.37 Å². The summed E-state index contributed by atoms with van der Waals surface area (Å²) in [5.74, 6) is -2.16. The maximum atomic E-state index is 14.0. The number of amides is 1. The molecule has 11 heteroatoms. The molecular weight excluding hydrogens is 432 g/mol. The highest BCUT2D eigenvalue weighted by atomic mass is 32.1. The lowest BCUT2D eigenvalue weighted by atomic mass is 9.94. The van der Waals surface area contributed by atoms with Crippen molar-refractivity contribution in [2.75, 3.05) is 11.1 Å². The third kappa shape index (κ3) is 4.27. The number of anilines is 2. The molecule has 1 aliphatic carbocycles. The largest absolute Gasteiger partial charge is 0.478 e. The van der Waals surface area contributed by atoms with Gasteiger partial charge in [-0.05, 0) is 37.8 Å². The Bertz CT molecular complexity index is 1040. The van der Waals surface area contributed by atoms with E-state index in [9.17, 15) is 13.6 Å². The van der Waals surface area contributed by atoms with E-state index in [2.05, 4.69) is 14.7 Å². The Morgan fingerprint density at radius 1 is 1.20 bits per heavy atom. The first-order chi connectivity index (χ1) is 14.4. The van der Waals surface area contributed by atoms with Crippen molar-refractivity contribution in [3.63, 3.8) is 0 Å². The molecule has 0 unspecified atom stereocenters. The van der Waals surface area contributed by atoms with Crippen LogP contribution in [0.2, 0.25) is 0 Å². The molecule has 2 aromatic heterocycles. The molecule has 1 fully saturated rings. The number of nitrogens with zero attached hydrogens (tertiary/aromatic N) is 2. The van der Waals surface area contributed by atoms with E-state index in [1.807, 2.05) is 0 Å². The zero-order valence-corrected chi connectivity index (χ0v) is 17.4. The smallest absolute Gasteiger partial charge is 0.277 e. The van der Waals surface area contributed by atoms with E-state index in [0.29, 0.717) is 10.8 Å². The Morgan fingerprint density at radius 3 is 2.60 bits per heavy atom. The molecule has 1 saturated carbocycles. The van der Waals surface area contributed by atoms with Gasteiger partial charge in [0.15, 0.2) is 5.69 Å². The monoisotopic (exact) mass is 451 g/mol. The molecule has 5 N–H and O–H groups in total. The van der Waals surface area contributed by atoms with Crippen LogP contribution in [0.1, 0.15) is 36.2 Å². The first-order valence-corrected chi connectivity index (χ1v) is 10.9. The van der Waals surface area contributed by atoms with Crippen molar-refractivity contribution in [3.05, 3.63) is 41.7 Å². The number of nitrogens with two attached hydrogens (primary N) is 2. The lowest BCUT2D eigenvalue weighted by Crippen LogP contribution is -2.31. The summed E-state index contributed by atoms with van der Waals surface area (Å²) >= 11 is 1.96. The SMILES string of the molecule is Nc1sc(-c2c(F)cccc2F)nc1C(=O)Nc1cnsc1O[C@H]1CC[C@H](N)CC1. The Kier molecular flexibility index (Phi) is 5.93. The second kappa shape index (κ2) is 8.62. The molecule has 0 radical (unpaired) electrons. The van der Waals surface area contributed by atoms with Crippen molar-refractivity contribution < 1.29 is 18.3 Å². The summed E-state index contributed by atoms with van der Waals surface area (Å²) in [6.45, 7) is 0. The van der Waals surface area contributed by atoms with Crippen molar-refractivity contribution in [3.8, 4) is 15.6 Å². The van der Waals surface area contributed by atoms with Gasteiger partial charge < -0.3 is 21.5 Å². The minimum Gasteiger partial charge on any atom is -0.478 e. The second-order valence-electron chi connectivity index (χ2n) is 6.96. The number of aromatic nitrogens is 2. The number of hydrogen-bond acceptors (Lipinski definition) is 8. The Balaban J connectivity index is 1.50. The van der Waals surface area contributed by atoms with Gasteiger partial charge in [0.05, 0.1) is 17.9 Å². The average Bonchev–Trinajstić information content (AvgIpc) is 3.30. The minimum atomic E-state index is -0.777. The summed E-state index contributed by atoms with van der Waals surface area (Å²) < 4.78 is 38.1. The van der Waals surface area contributed by atoms with Gasteiger partial charge in [0.1, 0.15) is 27.3 Å². The average molecular weight is 452 g/mol. The van der Waals surface area contributed by atoms with E-state index in [0.717, 1.165) is 60.7 Å². The molecule has 1 aromatic carbocycles. The normalized spacial score (nSPS) is 18.9. The number of thiazole rings is 1. The van der Waals surface area contributed by atoms with E-state index in [-0.39, 0.29) is 33.4 Å². The van der Waals surface area contributed by atoms with Crippen LogP contribution >= 0.6 is 22.9 Å². The predicted octanol–water partition coefficient (Wildman–Crippen LogP) is 4.03. The number of carbonyl (C=O) groups excluding carboxylic acids is 1. The molecule has 2 heterocycles. The van der Waals surface area contributed by atoms with Crippen LogP contribution in [0.25, 0.3) is 10.6 Å². The fourth-order valence-corrected chi connectivity index (χ4v) is 4.75. The number of carbonyl (C=O) groups is 1. The Morgan fingerprint density at radius 2 is 1.90 bits per heavy atom. The van der Waals surface area contributed by atoms with Crippen LogP contribution in [-0.2, 0) is 0 Å². The molecular formula is C19H19F2N5O2S2. The molecule has 30 heavy (non-hydrogen) atoms. The number of halogens is 2. The van der Waals surface area contributed by atoms with E-state index in [1.54, 1.807) is 0 Å². The lowest BCUT2D eigenvalue weighted by molar-refractivity contribution is 0.102. The highest BCUT2D eigenvalue weighted by molar-refractivity contribution is 7.19. The quantitative estimate of drug-likeness (QED) is 0.539. The van der Waals surface area contributed by atoms with Gasteiger partial charge in [0, 0.05) is 17.6 Å². The van der Waals surface area contributed by atoms with E-state index in [1.165, 1.54) is 12.3 Å². The molecule has 0 aliphatic heterocycles. The predicted molar refractivity (Wildman–Crippen MR) is 113 cm³/mol. The van der Waals surface area contributed by atoms with Gasteiger partial charge in [-0.15, -0.1) is 0 Å². The fourth-order valence-electron chi connectivity index (χ4n) is 3.24. The highest BCUT2D eigenvalue weighted by Gasteiger charge is 2.25. The Hall–Kier alpha value is -2.63. The highest BCUT2D eigenvalue weighted by Crippen LogP contribution is 2.36. The number of hydrogen-bond donors (Lipinski definition) is 3. The van der Waals surface area contributed by atoms with Crippen LogP contribution in [0.15, 0.2) is 24.4 Å². The maximum Gasteiger partial charge on any atom is 0.277 e. The number of nitrogen functional groups attached to an aromatic ring is 1.